The average Bonchev–Trinajstić information content (AvgIpc) is 2.96. The number of thiophene rings is 1. The molecule has 0 fully saturated rings. The van der Waals surface area contributed by atoms with E-state index in [-0.39, 0.29) is 6.04 Å². The topological polar surface area (TPSA) is 30.5 Å². The summed E-state index contributed by atoms with van der Waals surface area (Å²) in [6, 6.07) is 6.39. The minimum Gasteiger partial charge on any atom is -0.496 e. The number of hydrogen-bond acceptors (Lipinski definition) is 4. The van der Waals surface area contributed by atoms with Crippen molar-refractivity contribution < 1.29 is 9.47 Å². The van der Waals surface area contributed by atoms with Gasteiger partial charge in [0.1, 0.15) is 11.5 Å². The molecule has 4 heteroatoms. The van der Waals surface area contributed by atoms with Crippen molar-refractivity contribution in [1.82, 2.24) is 5.32 Å². The first kappa shape index (κ1) is 15.9. The van der Waals surface area contributed by atoms with Crippen LogP contribution in [0.15, 0.2) is 23.6 Å². The Hall–Kier alpha value is -1.52. The summed E-state index contributed by atoms with van der Waals surface area (Å²) in [4.78, 5) is 1.18. The second-order valence-corrected chi connectivity index (χ2v) is 5.92. The summed E-state index contributed by atoms with van der Waals surface area (Å²) in [5.41, 5.74) is 3.58. The molecule has 2 rings (SSSR count). The SMILES string of the molecule is CCNC(c1ccc(C)c(C)c1OC)c1sccc1OC. The summed E-state index contributed by atoms with van der Waals surface area (Å²) in [7, 11) is 3.45. The van der Waals surface area contributed by atoms with Gasteiger partial charge in [-0.15, -0.1) is 11.3 Å². The van der Waals surface area contributed by atoms with Crippen LogP contribution in [-0.4, -0.2) is 20.8 Å². The fourth-order valence-electron chi connectivity index (χ4n) is 2.55. The van der Waals surface area contributed by atoms with E-state index in [9.17, 15) is 0 Å². The molecule has 0 saturated heterocycles. The average molecular weight is 305 g/mol. The van der Waals surface area contributed by atoms with Crippen molar-refractivity contribution in [3.05, 3.63) is 45.1 Å². The number of methoxy groups -OCH3 is 2. The van der Waals surface area contributed by atoms with Crippen molar-refractivity contribution in [2.45, 2.75) is 26.8 Å². The van der Waals surface area contributed by atoms with Crippen LogP contribution in [-0.2, 0) is 0 Å². The Morgan fingerprint density at radius 1 is 1.14 bits per heavy atom. The van der Waals surface area contributed by atoms with Crippen LogP contribution in [0, 0.1) is 13.8 Å². The Morgan fingerprint density at radius 2 is 1.90 bits per heavy atom. The van der Waals surface area contributed by atoms with Gasteiger partial charge in [-0.1, -0.05) is 19.1 Å². The molecule has 2 aromatic rings. The molecule has 114 valence electrons. The Bertz CT molecular complexity index is 607. The second-order valence-electron chi connectivity index (χ2n) is 4.97. The smallest absolute Gasteiger partial charge is 0.134 e. The summed E-state index contributed by atoms with van der Waals surface area (Å²) in [6.45, 7) is 7.20. The van der Waals surface area contributed by atoms with Gasteiger partial charge in [0, 0.05) is 5.56 Å². The fourth-order valence-corrected chi connectivity index (χ4v) is 3.50. The molecule has 0 aliphatic heterocycles. The third-order valence-electron chi connectivity index (χ3n) is 3.77. The number of rotatable bonds is 6. The zero-order valence-corrected chi connectivity index (χ0v) is 14.1. The van der Waals surface area contributed by atoms with Crippen LogP contribution in [0.1, 0.15) is 34.5 Å². The van der Waals surface area contributed by atoms with E-state index in [0.717, 1.165) is 23.6 Å². The summed E-state index contributed by atoms with van der Waals surface area (Å²) < 4.78 is 11.2. The standard InChI is InChI=1S/C17H23NO2S/c1-6-18-15(17-14(19-4)9-10-21-17)13-8-7-11(2)12(3)16(13)20-5/h7-10,15,18H,6H2,1-5H3. The summed E-state index contributed by atoms with van der Waals surface area (Å²) in [6.07, 6.45) is 0. The zero-order chi connectivity index (χ0) is 15.4. The molecular formula is C17H23NO2S. The molecule has 1 aromatic heterocycles. The highest BCUT2D eigenvalue weighted by Gasteiger charge is 2.23. The molecule has 21 heavy (non-hydrogen) atoms. The highest BCUT2D eigenvalue weighted by Crippen LogP contribution is 2.39. The van der Waals surface area contributed by atoms with E-state index < -0.39 is 0 Å². The van der Waals surface area contributed by atoms with Gasteiger partial charge < -0.3 is 14.8 Å². The predicted molar refractivity (Wildman–Crippen MR) is 88.9 cm³/mol. The Kier molecular flexibility index (Phi) is 5.26. The van der Waals surface area contributed by atoms with Crippen LogP contribution < -0.4 is 14.8 Å². The van der Waals surface area contributed by atoms with E-state index in [1.807, 2.05) is 6.07 Å². The molecule has 0 radical (unpaired) electrons. The quantitative estimate of drug-likeness (QED) is 0.872. The first-order valence-electron chi connectivity index (χ1n) is 7.12. The first-order valence-corrected chi connectivity index (χ1v) is 8.00. The molecule has 1 atom stereocenters. The number of aryl methyl sites for hydroxylation is 1. The maximum absolute atomic E-state index is 5.68. The van der Waals surface area contributed by atoms with Crippen molar-refractivity contribution in [3.8, 4) is 11.5 Å². The molecule has 3 nitrogen and oxygen atoms in total. The van der Waals surface area contributed by atoms with Crippen molar-refractivity contribution in [2.24, 2.45) is 0 Å². The largest absolute Gasteiger partial charge is 0.496 e. The van der Waals surface area contributed by atoms with Gasteiger partial charge in [-0.2, -0.15) is 0 Å². The van der Waals surface area contributed by atoms with Gasteiger partial charge >= 0.3 is 0 Å². The second kappa shape index (κ2) is 6.96. The summed E-state index contributed by atoms with van der Waals surface area (Å²) >= 11 is 1.70. The van der Waals surface area contributed by atoms with E-state index in [4.69, 9.17) is 9.47 Å². The highest BCUT2D eigenvalue weighted by molar-refractivity contribution is 7.10. The van der Waals surface area contributed by atoms with Gasteiger partial charge in [0.05, 0.1) is 25.1 Å². The Morgan fingerprint density at radius 3 is 2.52 bits per heavy atom. The van der Waals surface area contributed by atoms with E-state index >= 15 is 0 Å². The lowest BCUT2D eigenvalue weighted by molar-refractivity contribution is 0.394. The van der Waals surface area contributed by atoms with Gasteiger partial charge in [0.25, 0.3) is 0 Å². The molecule has 0 bridgehead atoms. The zero-order valence-electron chi connectivity index (χ0n) is 13.3. The molecule has 1 aromatic carbocycles. The molecular weight excluding hydrogens is 282 g/mol. The molecule has 0 aliphatic carbocycles. The van der Waals surface area contributed by atoms with Gasteiger partial charge in [-0.05, 0) is 43.0 Å². The van der Waals surface area contributed by atoms with E-state index in [2.05, 4.69) is 43.6 Å². The minimum absolute atomic E-state index is 0.0826. The van der Waals surface area contributed by atoms with Crippen molar-refractivity contribution in [2.75, 3.05) is 20.8 Å². The predicted octanol–water partition coefficient (Wildman–Crippen LogP) is 4.08. The van der Waals surface area contributed by atoms with Crippen molar-refractivity contribution in [3.63, 3.8) is 0 Å². The van der Waals surface area contributed by atoms with Crippen molar-refractivity contribution in [1.29, 1.82) is 0 Å². The number of benzene rings is 1. The maximum Gasteiger partial charge on any atom is 0.134 e. The molecule has 1 unspecified atom stereocenters. The Labute approximate surface area is 130 Å². The van der Waals surface area contributed by atoms with Gasteiger partial charge in [-0.25, -0.2) is 0 Å². The number of ether oxygens (including phenoxy) is 2. The van der Waals surface area contributed by atoms with Gasteiger partial charge in [0.2, 0.25) is 0 Å². The molecule has 0 amide bonds. The lowest BCUT2D eigenvalue weighted by Gasteiger charge is -2.22. The third kappa shape index (κ3) is 3.06. The Balaban J connectivity index is 2.56. The lowest BCUT2D eigenvalue weighted by atomic mass is 9.97. The van der Waals surface area contributed by atoms with E-state index in [1.165, 1.54) is 16.0 Å². The van der Waals surface area contributed by atoms with Crippen LogP contribution >= 0.6 is 11.3 Å². The van der Waals surface area contributed by atoms with E-state index in [0.29, 0.717) is 0 Å². The summed E-state index contributed by atoms with van der Waals surface area (Å²) in [5.74, 6) is 1.88. The van der Waals surface area contributed by atoms with Gasteiger partial charge in [-0.3, -0.25) is 0 Å². The molecule has 0 spiro atoms. The fraction of sp³-hybridized carbons (Fsp3) is 0.412. The van der Waals surface area contributed by atoms with Crippen LogP contribution in [0.25, 0.3) is 0 Å². The van der Waals surface area contributed by atoms with Crippen LogP contribution in [0.2, 0.25) is 0 Å². The van der Waals surface area contributed by atoms with Crippen LogP contribution in [0.5, 0.6) is 11.5 Å². The minimum atomic E-state index is 0.0826. The van der Waals surface area contributed by atoms with Gasteiger partial charge in [0.15, 0.2) is 0 Å². The maximum atomic E-state index is 5.68. The third-order valence-corrected chi connectivity index (χ3v) is 4.73. The highest BCUT2D eigenvalue weighted by atomic mass is 32.1. The van der Waals surface area contributed by atoms with Crippen LogP contribution in [0.4, 0.5) is 0 Å². The normalized spacial score (nSPS) is 12.2. The van der Waals surface area contributed by atoms with E-state index in [1.54, 1.807) is 25.6 Å². The molecule has 0 saturated carbocycles. The summed E-state index contributed by atoms with van der Waals surface area (Å²) in [5, 5.41) is 5.61. The van der Waals surface area contributed by atoms with Crippen LogP contribution in [0.3, 0.4) is 0 Å². The number of nitrogens with one attached hydrogen (secondary N) is 1. The van der Waals surface area contributed by atoms with Crippen molar-refractivity contribution >= 4 is 11.3 Å². The molecule has 0 aliphatic rings. The monoisotopic (exact) mass is 305 g/mol. The first-order chi connectivity index (χ1) is 10.1. The number of hydrogen-bond donors (Lipinski definition) is 1. The molecule has 1 heterocycles. The molecule has 1 N–H and O–H groups in total. The lowest BCUT2D eigenvalue weighted by Crippen LogP contribution is -2.22.